The first kappa shape index (κ1) is 34.6. The normalized spacial score (nSPS) is 11.8. The average Bonchev–Trinajstić information content (AvgIpc) is 3.07. The van der Waals surface area contributed by atoms with Crippen LogP contribution in [0, 0.1) is 6.92 Å². The molecule has 0 heterocycles. The average molecular weight is 660 g/mol. The molecule has 46 heavy (non-hydrogen) atoms. The van der Waals surface area contributed by atoms with Crippen LogP contribution >= 0.6 is 11.8 Å². The van der Waals surface area contributed by atoms with Crippen molar-refractivity contribution in [2.45, 2.75) is 49.6 Å². The molecule has 4 rings (SSSR count). The number of benzene rings is 4. The number of anilines is 1. The zero-order valence-electron chi connectivity index (χ0n) is 26.7. The van der Waals surface area contributed by atoms with E-state index in [1.807, 2.05) is 81.6 Å². The lowest BCUT2D eigenvalue weighted by molar-refractivity contribution is -0.140. The first-order chi connectivity index (χ1) is 22.2. The van der Waals surface area contributed by atoms with Crippen LogP contribution in [0.3, 0.4) is 0 Å². The van der Waals surface area contributed by atoms with Crippen LogP contribution in [0.15, 0.2) is 113 Å². The number of rotatable bonds is 15. The molecule has 1 atom stereocenters. The largest absolute Gasteiger partial charge is 0.494 e. The van der Waals surface area contributed by atoms with E-state index in [1.54, 1.807) is 48.5 Å². The molecule has 2 amide bonds. The molecule has 0 saturated carbocycles. The number of hydrogen-bond acceptors (Lipinski definition) is 6. The Morgan fingerprint density at radius 2 is 1.52 bits per heavy atom. The number of ether oxygens (including phenoxy) is 1. The number of nitrogens with zero attached hydrogens (tertiary/aromatic N) is 2. The summed E-state index contributed by atoms with van der Waals surface area (Å²) >= 11 is 1.51. The van der Waals surface area contributed by atoms with Crippen molar-refractivity contribution in [3.05, 3.63) is 120 Å². The van der Waals surface area contributed by atoms with Crippen molar-refractivity contribution >= 4 is 39.3 Å². The Morgan fingerprint density at radius 3 is 2.13 bits per heavy atom. The monoisotopic (exact) mass is 659 g/mol. The lowest BCUT2D eigenvalue weighted by Gasteiger charge is -2.34. The molecule has 4 aromatic carbocycles. The van der Waals surface area contributed by atoms with Crippen LogP contribution in [-0.2, 0) is 32.6 Å². The van der Waals surface area contributed by atoms with Gasteiger partial charge in [0, 0.05) is 24.4 Å². The van der Waals surface area contributed by atoms with Gasteiger partial charge in [-0.2, -0.15) is 0 Å². The molecule has 0 aliphatic rings. The van der Waals surface area contributed by atoms with Gasteiger partial charge in [0.05, 0.1) is 17.2 Å². The quantitative estimate of drug-likeness (QED) is 0.155. The third-order valence-electron chi connectivity index (χ3n) is 7.59. The van der Waals surface area contributed by atoms with Crippen molar-refractivity contribution in [3.63, 3.8) is 0 Å². The van der Waals surface area contributed by atoms with Crippen molar-refractivity contribution in [2.24, 2.45) is 0 Å². The summed E-state index contributed by atoms with van der Waals surface area (Å²) in [5.74, 6) is -0.232. The fourth-order valence-electron chi connectivity index (χ4n) is 5.10. The second kappa shape index (κ2) is 16.3. The molecule has 0 fully saturated rings. The summed E-state index contributed by atoms with van der Waals surface area (Å²) in [5.41, 5.74) is 3.01. The number of hydrogen-bond donors (Lipinski definition) is 1. The molecule has 8 nitrogen and oxygen atoms in total. The maximum Gasteiger partial charge on any atom is 0.264 e. The first-order valence-corrected chi connectivity index (χ1v) is 17.9. The lowest BCUT2D eigenvalue weighted by Crippen LogP contribution is -2.53. The number of amides is 2. The van der Waals surface area contributed by atoms with E-state index >= 15 is 0 Å². The predicted octanol–water partition coefficient (Wildman–Crippen LogP) is 6.09. The number of thioether (sulfide) groups is 1. The van der Waals surface area contributed by atoms with Crippen LogP contribution in [0.1, 0.15) is 30.5 Å². The summed E-state index contributed by atoms with van der Waals surface area (Å²) in [4.78, 5) is 30.7. The SMILES string of the molecule is CCNC(=O)[C@H](Cc1ccccc1)N(Cc1ccccc1C)C(=O)CN(c1ccc(OCC)cc1)S(=O)(=O)c1ccc(SC)cc1. The van der Waals surface area contributed by atoms with E-state index in [0.29, 0.717) is 24.6 Å². The molecule has 0 unspecified atom stereocenters. The Bertz CT molecular complexity index is 1700. The van der Waals surface area contributed by atoms with Gasteiger partial charge in [0.25, 0.3) is 10.0 Å². The molecule has 0 radical (unpaired) electrons. The Hall–Kier alpha value is -4.28. The van der Waals surface area contributed by atoms with Gasteiger partial charge < -0.3 is 15.0 Å². The van der Waals surface area contributed by atoms with Crippen LogP contribution in [0.25, 0.3) is 0 Å². The van der Waals surface area contributed by atoms with Gasteiger partial charge >= 0.3 is 0 Å². The fourth-order valence-corrected chi connectivity index (χ4v) is 6.92. The Kier molecular flexibility index (Phi) is 12.3. The summed E-state index contributed by atoms with van der Waals surface area (Å²) in [6.07, 6.45) is 2.17. The van der Waals surface area contributed by atoms with Crippen molar-refractivity contribution in [2.75, 3.05) is 30.3 Å². The van der Waals surface area contributed by atoms with Gasteiger partial charge in [-0.15, -0.1) is 11.8 Å². The smallest absolute Gasteiger partial charge is 0.264 e. The highest BCUT2D eigenvalue weighted by Gasteiger charge is 2.34. The number of carbonyl (C=O) groups is 2. The topological polar surface area (TPSA) is 96.0 Å². The van der Waals surface area contributed by atoms with E-state index in [4.69, 9.17) is 4.74 Å². The van der Waals surface area contributed by atoms with Gasteiger partial charge in [-0.3, -0.25) is 13.9 Å². The number of carbonyl (C=O) groups excluding carboxylic acids is 2. The van der Waals surface area contributed by atoms with Crippen LogP contribution in [0.5, 0.6) is 5.75 Å². The summed E-state index contributed by atoms with van der Waals surface area (Å²) < 4.78 is 35.2. The van der Waals surface area contributed by atoms with E-state index in [2.05, 4.69) is 5.32 Å². The standard InChI is InChI=1S/C36H41N3O5S2/c1-5-37-36(41)34(24-28-13-8-7-9-14-28)38(25-29-15-11-10-12-27(29)3)35(40)26-39(30-16-18-31(19-17-30)44-6-2)46(42,43)33-22-20-32(45-4)21-23-33/h7-23,34H,5-6,24-26H2,1-4H3,(H,37,41)/t34-/m0/s1. The molecule has 4 aromatic rings. The lowest BCUT2D eigenvalue weighted by atomic mass is 10.0. The van der Waals surface area contributed by atoms with E-state index < -0.39 is 28.5 Å². The minimum Gasteiger partial charge on any atom is -0.494 e. The third-order valence-corrected chi connectivity index (χ3v) is 10.1. The van der Waals surface area contributed by atoms with E-state index in [-0.39, 0.29) is 23.8 Å². The first-order valence-electron chi connectivity index (χ1n) is 15.2. The highest BCUT2D eigenvalue weighted by atomic mass is 32.2. The maximum atomic E-state index is 14.5. The van der Waals surface area contributed by atoms with Crippen LogP contribution in [-0.4, -0.2) is 57.1 Å². The summed E-state index contributed by atoms with van der Waals surface area (Å²) in [5, 5.41) is 2.89. The second-order valence-corrected chi connectivity index (χ2v) is 13.4. The summed E-state index contributed by atoms with van der Waals surface area (Å²) in [6, 6.07) is 29.5. The molecule has 0 aromatic heterocycles. The van der Waals surface area contributed by atoms with Crippen LogP contribution in [0.2, 0.25) is 0 Å². The summed E-state index contributed by atoms with van der Waals surface area (Å²) in [6.45, 7) is 6.09. The third kappa shape index (κ3) is 8.70. The molecule has 0 aliphatic carbocycles. The van der Waals surface area contributed by atoms with Crippen molar-refractivity contribution in [1.82, 2.24) is 10.2 Å². The molecule has 0 bridgehead atoms. The van der Waals surface area contributed by atoms with E-state index in [1.165, 1.54) is 16.7 Å². The summed E-state index contributed by atoms with van der Waals surface area (Å²) in [7, 11) is -4.19. The van der Waals surface area contributed by atoms with Crippen molar-refractivity contribution in [1.29, 1.82) is 0 Å². The minimum absolute atomic E-state index is 0.0574. The fraction of sp³-hybridized carbons (Fsp3) is 0.278. The second-order valence-electron chi connectivity index (χ2n) is 10.7. The number of aryl methyl sites for hydroxylation is 1. The number of likely N-dealkylation sites (N-methyl/N-ethyl adjacent to an activating group) is 1. The van der Waals surface area contributed by atoms with E-state index in [9.17, 15) is 18.0 Å². The van der Waals surface area contributed by atoms with Gasteiger partial charge in [-0.05, 0) is 92.2 Å². The molecule has 242 valence electrons. The number of nitrogens with one attached hydrogen (secondary N) is 1. The van der Waals surface area contributed by atoms with Gasteiger partial charge in [0.2, 0.25) is 11.8 Å². The van der Waals surface area contributed by atoms with E-state index in [0.717, 1.165) is 25.9 Å². The van der Waals surface area contributed by atoms with Crippen molar-refractivity contribution < 1.29 is 22.7 Å². The van der Waals surface area contributed by atoms with Gasteiger partial charge in [-0.1, -0.05) is 54.6 Å². The Morgan fingerprint density at radius 1 is 0.870 bits per heavy atom. The minimum atomic E-state index is -4.19. The zero-order valence-corrected chi connectivity index (χ0v) is 28.3. The molecule has 10 heteroatoms. The zero-order chi connectivity index (χ0) is 33.1. The van der Waals surface area contributed by atoms with Gasteiger partial charge in [0.1, 0.15) is 18.3 Å². The molecule has 0 aliphatic heterocycles. The molecule has 0 spiro atoms. The Labute approximate surface area is 276 Å². The predicted molar refractivity (Wildman–Crippen MR) is 185 cm³/mol. The molecule has 0 saturated heterocycles. The van der Waals surface area contributed by atoms with Gasteiger partial charge in [0.15, 0.2) is 0 Å². The van der Waals surface area contributed by atoms with Gasteiger partial charge in [-0.25, -0.2) is 8.42 Å². The molecular weight excluding hydrogens is 619 g/mol. The maximum absolute atomic E-state index is 14.5. The molecule has 1 N–H and O–H groups in total. The Balaban J connectivity index is 1.80. The number of sulfonamides is 1. The highest BCUT2D eigenvalue weighted by Crippen LogP contribution is 2.28. The molecular formula is C36H41N3O5S2. The van der Waals surface area contributed by atoms with Crippen molar-refractivity contribution in [3.8, 4) is 5.75 Å². The van der Waals surface area contributed by atoms with Crippen LogP contribution < -0.4 is 14.4 Å². The highest BCUT2D eigenvalue weighted by molar-refractivity contribution is 7.98. The van der Waals surface area contributed by atoms with Crippen LogP contribution in [0.4, 0.5) is 5.69 Å².